The molecule has 1 aromatic heterocycles. The molecule has 0 aliphatic rings. The van der Waals surface area contributed by atoms with Gasteiger partial charge in [0, 0.05) is 11.8 Å². The molecule has 1 unspecified atom stereocenters. The number of carbonyl (C=O) groups excluding carboxylic acids is 1. The standard InChI is InChI=1S/C15H16F3N3O2/c1-10(11-5-3-4-6-12(11)23-2)19-14(22)9-21-8-7-13(20-21)15(16,17)18/h3-8,10H,9H2,1-2H3,(H,19,22). The molecule has 1 aromatic carbocycles. The Bertz CT molecular complexity index is 683. The summed E-state index contributed by atoms with van der Waals surface area (Å²) in [5, 5.41) is 6.05. The maximum Gasteiger partial charge on any atom is 0.435 e. The van der Waals surface area contributed by atoms with Crippen LogP contribution in [0.1, 0.15) is 24.2 Å². The molecule has 5 nitrogen and oxygen atoms in total. The summed E-state index contributed by atoms with van der Waals surface area (Å²) in [5.74, 6) is 0.180. The van der Waals surface area contributed by atoms with Crippen molar-refractivity contribution in [3.63, 3.8) is 0 Å². The molecule has 23 heavy (non-hydrogen) atoms. The zero-order chi connectivity index (χ0) is 17.0. The summed E-state index contributed by atoms with van der Waals surface area (Å²) < 4.78 is 43.6. The number of nitrogens with zero attached hydrogens (tertiary/aromatic N) is 2. The highest BCUT2D eigenvalue weighted by atomic mass is 19.4. The van der Waals surface area contributed by atoms with Crippen LogP contribution in [0.4, 0.5) is 13.2 Å². The van der Waals surface area contributed by atoms with E-state index in [0.29, 0.717) is 5.75 Å². The van der Waals surface area contributed by atoms with E-state index in [2.05, 4.69) is 10.4 Å². The van der Waals surface area contributed by atoms with Gasteiger partial charge in [-0.2, -0.15) is 18.3 Å². The number of hydrogen-bond donors (Lipinski definition) is 1. The van der Waals surface area contributed by atoms with Gasteiger partial charge in [0.15, 0.2) is 5.69 Å². The third-order valence-corrected chi connectivity index (χ3v) is 3.22. The number of carbonyl (C=O) groups is 1. The van der Waals surface area contributed by atoms with E-state index in [0.717, 1.165) is 22.5 Å². The maximum atomic E-state index is 12.5. The molecular formula is C15H16F3N3O2. The van der Waals surface area contributed by atoms with Crippen LogP contribution in [0.2, 0.25) is 0 Å². The van der Waals surface area contributed by atoms with E-state index in [1.54, 1.807) is 25.1 Å². The molecule has 0 aliphatic carbocycles. The molecule has 1 heterocycles. The van der Waals surface area contributed by atoms with Gasteiger partial charge >= 0.3 is 6.18 Å². The molecule has 1 amide bonds. The second-order valence-corrected chi connectivity index (χ2v) is 4.93. The van der Waals surface area contributed by atoms with Crippen LogP contribution in [0.15, 0.2) is 36.5 Å². The van der Waals surface area contributed by atoms with Crippen molar-refractivity contribution in [3.8, 4) is 5.75 Å². The number of halogens is 3. The van der Waals surface area contributed by atoms with Gasteiger partial charge < -0.3 is 10.1 Å². The Morgan fingerprint density at radius 3 is 2.65 bits per heavy atom. The number of ether oxygens (including phenoxy) is 1. The number of alkyl halides is 3. The fourth-order valence-corrected chi connectivity index (χ4v) is 2.14. The predicted molar refractivity (Wildman–Crippen MR) is 76.8 cm³/mol. The average Bonchev–Trinajstić information content (AvgIpc) is 2.95. The number of aromatic nitrogens is 2. The Morgan fingerprint density at radius 1 is 1.35 bits per heavy atom. The smallest absolute Gasteiger partial charge is 0.435 e. The minimum absolute atomic E-state index is 0.296. The zero-order valence-electron chi connectivity index (χ0n) is 12.6. The van der Waals surface area contributed by atoms with Gasteiger partial charge in [0.05, 0.1) is 13.2 Å². The average molecular weight is 327 g/mol. The monoisotopic (exact) mass is 327 g/mol. The van der Waals surface area contributed by atoms with Crippen LogP contribution in [0.25, 0.3) is 0 Å². The van der Waals surface area contributed by atoms with Crippen molar-refractivity contribution in [3.05, 3.63) is 47.8 Å². The molecule has 0 spiro atoms. The van der Waals surface area contributed by atoms with Crippen molar-refractivity contribution >= 4 is 5.91 Å². The van der Waals surface area contributed by atoms with E-state index in [1.165, 1.54) is 7.11 Å². The van der Waals surface area contributed by atoms with Crippen LogP contribution < -0.4 is 10.1 Å². The molecule has 124 valence electrons. The fourth-order valence-electron chi connectivity index (χ4n) is 2.14. The maximum absolute atomic E-state index is 12.5. The minimum Gasteiger partial charge on any atom is -0.496 e. The Labute approximate surface area is 131 Å². The highest BCUT2D eigenvalue weighted by Crippen LogP contribution is 2.27. The van der Waals surface area contributed by atoms with E-state index in [1.807, 2.05) is 6.07 Å². The molecule has 8 heteroatoms. The third-order valence-electron chi connectivity index (χ3n) is 3.22. The summed E-state index contributed by atoms with van der Waals surface area (Å²) >= 11 is 0. The van der Waals surface area contributed by atoms with Gasteiger partial charge in [0.25, 0.3) is 0 Å². The van der Waals surface area contributed by atoms with Crippen molar-refractivity contribution in [2.75, 3.05) is 7.11 Å². The molecule has 0 saturated carbocycles. The van der Waals surface area contributed by atoms with Gasteiger partial charge in [-0.15, -0.1) is 0 Å². The number of benzene rings is 1. The molecular weight excluding hydrogens is 311 g/mol. The molecule has 2 rings (SSSR count). The van der Waals surface area contributed by atoms with E-state index < -0.39 is 17.8 Å². The number of hydrogen-bond acceptors (Lipinski definition) is 3. The van der Waals surface area contributed by atoms with Crippen LogP contribution in [-0.4, -0.2) is 22.8 Å². The molecule has 0 saturated heterocycles. The van der Waals surface area contributed by atoms with Crippen molar-refractivity contribution in [2.24, 2.45) is 0 Å². The summed E-state index contributed by atoms with van der Waals surface area (Å²) in [6.07, 6.45) is -3.40. The summed E-state index contributed by atoms with van der Waals surface area (Å²) in [5.41, 5.74) is -0.247. The third kappa shape index (κ3) is 4.24. The van der Waals surface area contributed by atoms with E-state index >= 15 is 0 Å². The lowest BCUT2D eigenvalue weighted by Gasteiger charge is -2.17. The second kappa shape index (κ2) is 6.72. The molecule has 0 fully saturated rings. The fraction of sp³-hybridized carbons (Fsp3) is 0.333. The van der Waals surface area contributed by atoms with Gasteiger partial charge in [-0.25, -0.2) is 0 Å². The number of amides is 1. The number of rotatable bonds is 5. The van der Waals surface area contributed by atoms with Crippen LogP contribution in [0.3, 0.4) is 0 Å². The number of nitrogens with one attached hydrogen (secondary N) is 1. The molecule has 1 N–H and O–H groups in total. The molecule has 0 bridgehead atoms. The van der Waals surface area contributed by atoms with Gasteiger partial charge in [-0.1, -0.05) is 18.2 Å². The first-order valence-corrected chi connectivity index (χ1v) is 6.84. The quantitative estimate of drug-likeness (QED) is 0.919. The van der Waals surface area contributed by atoms with Gasteiger partial charge in [-0.05, 0) is 19.1 Å². The zero-order valence-corrected chi connectivity index (χ0v) is 12.6. The molecule has 0 radical (unpaired) electrons. The second-order valence-electron chi connectivity index (χ2n) is 4.93. The SMILES string of the molecule is COc1ccccc1C(C)NC(=O)Cn1ccc(C(F)(F)F)n1. The van der Waals surface area contributed by atoms with Crippen molar-refractivity contribution < 1.29 is 22.7 Å². The first-order chi connectivity index (χ1) is 10.8. The minimum atomic E-state index is -4.52. The summed E-state index contributed by atoms with van der Waals surface area (Å²) in [7, 11) is 1.52. The number of methoxy groups -OCH3 is 1. The Kier molecular flexibility index (Phi) is 4.92. The predicted octanol–water partition coefficient (Wildman–Crippen LogP) is 2.79. The summed E-state index contributed by atoms with van der Waals surface area (Å²) in [6, 6.07) is 7.66. The Balaban J connectivity index is 2.00. The normalized spacial score (nSPS) is 12.7. The largest absolute Gasteiger partial charge is 0.496 e. The van der Waals surface area contributed by atoms with Gasteiger partial charge in [-0.3, -0.25) is 9.48 Å². The lowest BCUT2D eigenvalue weighted by atomic mass is 10.1. The summed E-state index contributed by atoms with van der Waals surface area (Å²) in [4.78, 5) is 12.0. The van der Waals surface area contributed by atoms with E-state index in [9.17, 15) is 18.0 Å². The van der Waals surface area contributed by atoms with Gasteiger partial charge in [0.2, 0.25) is 5.91 Å². The van der Waals surface area contributed by atoms with Crippen molar-refractivity contribution in [1.82, 2.24) is 15.1 Å². The van der Waals surface area contributed by atoms with E-state index in [4.69, 9.17) is 4.74 Å². The lowest BCUT2D eigenvalue weighted by Crippen LogP contribution is -2.30. The van der Waals surface area contributed by atoms with Crippen LogP contribution in [0, 0.1) is 0 Å². The topological polar surface area (TPSA) is 56.1 Å². The first kappa shape index (κ1) is 16.9. The Morgan fingerprint density at radius 2 is 2.04 bits per heavy atom. The first-order valence-electron chi connectivity index (χ1n) is 6.84. The Hall–Kier alpha value is -2.51. The molecule has 2 aromatic rings. The molecule has 1 atom stereocenters. The van der Waals surface area contributed by atoms with Crippen molar-refractivity contribution in [2.45, 2.75) is 25.7 Å². The highest BCUT2D eigenvalue weighted by molar-refractivity contribution is 5.76. The van der Waals surface area contributed by atoms with Crippen LogP contribution in [-0.2, 0) is 17.5 Å². The lowest BCUT2D eigenvalue weighted by molar-refractivity contribution is -0.141. The summed E-state index contributed by atoms with van der Waals surface area (Å²) in [6.45, 7) is 1.47. The molecule has 0 aliphatic heterocycles. The number of para-hydroxylation sites is 1. The van der Waals surface area contributed by atoms with Crippen LogP contribution in [0.5, 0.6) is 5.75 Å². The van der Waals surface area contributed by atoms with Crippen molar-refractivity contribution in [1.29, 1.82) is 0 Å². The van der Waals surface area contributed by atoms with Crippen LogP contribution >= 0.6 is 0 Å². The van der Waals surface area contributed by atoms with Gasteiger partial charge in [0.1, 0.15) is 12.3 Å². The highest BCUT2D eigenvalue weighted by Gasteiger charge is 2.33. The van der Waals surface area contributed by atoms with E-state index in [-0.39, 0.29) is 12.6 Å².